The molecule has 1 N–H and O–H groups in total. The predicted octanol–water partition coefficient (Wildman–Crippen LogP) is 5.87. The van der Waals surface area contributed by atoms with Gasteiger partial charge in [-0.1, -0.05) is 52.5 Å². The molecule has 0 spiro atoms. The summed E-state index contributed by atoms with van der Waals surface area (Å²) in [6.45, 7) is 6.41. The highest BCUT2D eigenvalue weighted by Gasteiger charge is 2.45. The van der Waals surface area contributed by atoms with E-state index in [4.69, 9.17) is 4.74 Å². The van der Waals surface area contributed by atoms with Gasteiger partial charge in [-0.25, -0.2) is 0 Å². The summed E-state index contributed by atoms with van der Waals surface area (Å²) in [6.07, 6.45) is 8.50. The molecule has 2 unspecified atom stereocenters. The van der Waals surface area contributed by atoms with Crippen molar-refractivity contribution < 1.29 is 14.6 Å². The zero-order valence-corrected chi connectivity index (χ0v) is 17.2. The lowest BCUT2D eigenvalue weighted by Gasteiger charge is -2.37. The molecule has 2 atom stereocenters. The van der Waals surface area contributed by atoms with Gasteiger partial charge in [0.15, 0.2) is 0 Å². The van der Waals surface area contributed by atoms with Crippen LogP contribution in [0.4, 0.5) is 0 Å². The van der Waals surface area contributed by atoms with Crippen LogP contribution in [-0.4, -0.2) is 16.1 Å². The number of ether oxygens (including phenoxy) is 1. The Balaban J connectivity index is 1.99. The summed E-state index contributed by atoms with van der Waals surface area (Å²) in [5.41, 5.74) is 1.86. The Morgan fingerprint density at radius 3 is 2.71 bits per heavy atom. The molecule has 28 heavy (non-hydrogen) atoms. The maximum absolute atomic E-state index is 12.5. The van der Waals surface area contributed by atoms with Gasteiger partial charge in [-0.2, -0.15) is 0 Å². The lowest BCUT2D eigenvalue weighted by atomic mass is 9.70. The van der Waals surface area contributed by atoms with E-state index >= 15 is 0 Å². The van der Waals surface area contributed by atoms with E-state index in [-0.39, 0.29) is 18.1 Å². The van der Waals surface area contributed by atoms with Crippen molar-refractivity contribution in [3.8, 4) is 11.5 Å². The van der Waals surface area contributed by atoms with Crippen LogP contribution < -0.4 is 4.74 Å². The van der Waals surface area contributed by atoms with Gasteiger partial charge in [0.05, 0.1) is 17.5 Å². The largest absolute Gasteiger partial charge is 0.507 e. The molecule has 0 amide bonds. The van der Waals surface area contributed by atoms with E-state index in [9.17, 15) is 9.90 Å². The van der Waals surface area contributed by atoms with Gasteiger partial charge in [-0.05, 0) is 48.6 Å². The van der Waals surface area contributed by atoms with Crippen LogP contribution in [0.25, 0.3) is 0 Å². The number of benzene rings is 1. The molecule has 1 aromatic carbocycles. The predicted molar refractivity (Wildman–Crippen MR) is 111 cm³/mol. The van der Waals surface area contributed by atoms with Crippen LogP contribution in [0.2, 0.25) is 0 Å². The lowest BCUT2D eigenvalue weighted by Crippen LogP contribution is -2.37. The molecule has 0 saturated heterocycles. The van der Waals surface area contributed by atoms with Crippen molar-refractivity contribution in [3.05, 3.63) is 53.3 Å². The molecule has 1 aromatic heterocycles. The monoisotopic (exact) mass is 381 g/mol. The lowest BCUT2D eigenvalue weighted by molar-refractivity contribution is -0.137. The summed E-state index contributed by atoms with van der Waals surface area (Å²) in [7, 11) is 0. The molecule has 3 rings (SSSR count). The van der Waals surface area contributed by atoms with E-state index in [0.29, 0.717) is 23.7 Å². The fourth-order valence-corrected chi connectivity index (χ4v) is 4.35. The summed E-state index contributed by atoms with van der Waals surface area (Å²) in [5.74, 6) is 0.721. The summed E-state index contributed by atoms with van der Waals surface area (Å²) < 4.78 is 5.60. The SMILES string of the molecule is CCCCCCC(C)c1cc(O)c2c(c1)OC(=O)CC2(CC)c1ccccn1. The number of aromatic hydroxyl groups is 1. The number of pyridine rings is 1. The summed E-state index contributed by atoms with van der Waals surface area (Å²) in [5, 5.41) is 11.0. The Kier molecular flexibility index (Phi) is 6.38. The maximum Gasteiger partial charge on any atom is 0.312 e. The molecule has 2 aromatic rings. The standard InChI is InChI=1S/C24H31NO3/c1-4-6-7-8-11-17(3)18-14-19(26)23-20(15-18)28-22(27)16-24(23,5-2)21-12-9-10-13-25-21/h9-10,12-15,17,26H,4-8,11,16H2,1-3H3. The molecule has 0 fully saturated rings. The first-order chi connectivity index (χ1) is 13.5. The van der Waals surface area contributed by atoms with Gasteiger partial charge in [0.25, 0.3) is 0 Å². The Labute approximate surface area is 168 Å². The molecular weight excluding hydrogens is 350 g/mol. The van der Waals surface area contributed by atoms with Gasteiger partial charge >= 0.3 is 5.97 Å². The number of phenols is 1. The highest BCUT2D eigenvalue weighted by atomic mass is 16.5. The molecule has 1 aliphatic rings. The number of hydrogen-bond donors (Lipinski definition) is 1. The Morgan fingerprint density at radius 2 is 2.04 bits per heavy atom. The summed E-state index contributed by atoms with van der Waals surface area (Å²) in [4.78, 5) is 17.0. The zero-order valence-electron chi connectivity index (χ0n) is 17.2. The molecule has 1 aliphatic heterocycles. The van der Waals surface area contributed by atoms with E-state index < -0.39 is 5.41 Å². The number of unbranched alkanes of at least 4 members (excludes halogenated alkanes) is 3. The van der Waals surface area contributed by atoms with Gasteiger partial charge in [0, 0.05) is 11.8 Å². The fraction of sp³-hybridized carbons (Fsp3) is 0.500. The molecule has 4 nitrogen and oxygen atoms in total. The van der Waals surface area contributed by atoms with Gasteiger partial charge in [-0.15, -0.1) is 0 Å². The normalized spacial score (nSPS) is 19.8. The second-order valence-corrected chi connectivity index (χ2v) is 7.97. The summed E-state index contributed by atoms with van der Waals surface area (Å²) in [6, 6.07) is 9.51. The van der Waals surface area contributed by atoms with Crippen LogP contribution in [-0.2, 0) is 10.2 Å². The number of fused-ring (bicyclic) bond motifs is 1. The molecule has 2 heterocycles. The van der Waals surface area contributed by atoms with Crippen molar-refractivity contribution in [1.82, 2.24) is 4.98 Å². The molecule has 0 saturated carbocycles. The van der Waals surface area contributed by atoms with Crippen LogP contribution in [0, 0.1) is 0 Å². The number of phenolic OH excluding ortho intramolecular Hbond substituents is 1. The topological polar surface area (TPSA) is 59.4 Å². The third kappa shape index (κ3) is 3.91. The maximum atomic E-state index is 12.5. The van der Waals surface area contributed by atoms with Gasteiger partial charge in [0.2, 0.25) is 0 Å². The number of nitrogens with zero attached hydrogens (tertiary/aromatic N) is 1. The van der Waals surface area contributed by atoms with Crippen molar-refractivity contribution in [2.75, 3.05) is 0 Å². The minimum absolute atomic E-state index is 0.187. The second-order valence-electron chi connectivity index (χ2n) is 7.97. The highest BCUT2D eigenvalue weighted by Crippen LogP contribution is 2.50. The number of carbonyl (C=O) groups is 1. The van der Waals surface area contributed by atoms with Crippen molar-refractivity contribution in [3.63, 3.8) is 0 Å². The highest BCUT2D eigenvalue weighted by molar-refractivity contribution is 5.80. The van der Waals surface area contributed by atoms with Crippen molar-refractivity contribution in [2.45, 2.75) is 77.0 Å². The van der Waals surface area contributed by atoms with Crippen LogP contribution in [0.15, 0.2) is 36.5 Å². The second kappa shape index (κ2) is 8.76. The molecule has 0 radical (unpaired) electrons. The number of rotatable bonds is 8. The quantitative estimate of drug-likeness (QED) is 0.353. The number of carbonyl (C=O) groups excluding carboxylic acids is 1. The van der Waals surface area contributed by atoms with Crippen LogP contribution >= 0.6 is 0 Å². The Morgan fingerprint density at radius 1 is 1.21 bits per heavy atom. The van der Waals surface area contributed by atoms with E-state index in [2.05, 4.69) is 18.8 Å². The minimum atomic E-state index is -0.654. The molecular formula is C24H31NO3. The van der Waals surface area contributed by atoms with Crippen LogP contribution in [0.1, 0.15) is 88.5 Å². The van der Waals surface area contributed by atoms with E-state index in [1.807, 2.05) is 37.3 Å². The van der Waals surface area contributed by atoms with Gasteiger partial charge < -0.3 is 9.84 Å². The van der Waals surface area contributed by atoms with Gasteiger partial charge in [-0.3, -0.25) is 9.78 Å². The van der Waals surface area contributed by atoms with E-state index in [1.54, 1.807) is 6.20 Å². The van der Waals surface area contributed by atoms with Crippen molar-refractivity contribution in [1.29, 1.82) is 0 Å². The smallest absolute Gasteiger partial charge is 0.312 e. The van der Waals surface area contributed by atoms with Crippen molar-refractivity contribution in [2.24, 2.45) is 0 Å². The number of aromatic nitrogens is 1. The average molecular weight is 382 g/mol. The number of hydrogen-bond acceptors (Lipinski definition) is 4. The fourth-order valence-electron chi connectivity index (χ4n) is 4.35. The Hall–Kier alpha value is -2.36. The van der Waals surface area contributed by atoms with E-state index in [1.165, 1.54) is 25.7 Å². The first-order valence-corrected chi connectivity index (χ1v) is 10.5. The molecule has 0 aliphatic carbocycles. The van der Waals surface area contributed by atoms with E-state index in [0.717, 1.165) is 17.7 Å². The third-order valence-corrected chi connectivity index (χ3v) is 6.07. The first-order valence-electron chi connectivity index (χ1n) is 10.5. The zero-order chi connectivity index (χ0) is 20.1. The minimum Gasteiger partial charge on any atom is -0.507 e. The molecule has 4 heteroatoms. The third-order valence-electron chi connectivity index (χ3n) is 6.07. The molecule has 0 bridgehead atoms. The van der Waals surface area contributed by atoms with Crippen LogP contribution in [0.3, 0.4) is 0 Å². The first kappa shape index (κ1) is 20.4. The Bertz CT molecular complexity index is 818. The molecule has 150 valence electrons. The average Bonchev–Trinajstić information content (AvgIpc) is 2.70. The van der Waals surface area contributed by atoms with Crippen molar-refractivity contribution >= 4 is 5.97 Å². The number of esters is 1. The van der Waals surface area contributed by atoms with Gasteiger partial charge in [0.1, 0.15) is 11.5 Å². The van der Waals surface area contributed by atoms with Crippen LogP contribution in [0.5, 0.6) is 11.5 Å². The summed E-state index contributed by atoms with van der Waals surface area (Å²) >= 11 is 0.